The van der Waals surface area contributed by atoms with E-state index in [1.165, 1.54) is 0 Å². The number of nitrogens with zero attached hydrogens (tertiary/aromatic N) is 1. The van der Waals surface area contributed by atoms with Crippen molar-refractivity contribution in [2.24, 2.45) is 5.92 Å². The molecule has 0 aliphatic carbocycles. The molecule has 1 rings (SSSR count). The Morgan fingerprint density at radius 1 is 1.20 bits per heavy atom. The Hall–Kier alpha value is -0.910. The molecule has 0 radical (unpaired) electrons. The summed E-state index contributed by atoms with van der Waals surface area (Å²) >= 11 is 0. The van der Waals surface area contributed by atoms with Crippen molar-refractivity contribution in [2.45, 2.75) is 38.1 Å². The molecule has 0 heterocycles. The average Bonchev–Trinajstić information content (AvgIpc) is 2.34. The predicted octanol–water partition coefficient (Wildman–Crippen LogP) is 2.25. The highest BCUT2D eigenvalue weighted by Gasteiger charge is 2.20. The van der Waals surface area contributed by atoms with E-state index in [-0.39, 0.29) is 6.04 Å². The molecule has 0 amide bonds. The Kier molecular flexibility index (Phi) is 6.17. The minimum atomic E-state index is -3.43. The van der Waals surface area contributed by atoms with Gasteiger partial charge in [0, 0.05) is 12.6 Å². The fourth-order valence-electron chi connectivity index (χ4n) is 2.16. The van der Waals surface area contributed by atoms with Gasteiger partial charge >= 0.3 is 0 Å². The van der Waals surface area contributed by atoms with Crippen molar-refractivity contribution < 1.29 is 8.42 Å². The van der Waals surface area contributed by atoms with Crippen LogP contribution < -0.4 is 4.72 Å². The topological polar surface area (TPSA) is 49.4 Å². The van der Waals surface area contributed by atoms with Crippen molar-refractivity contribution in [1.29, 1.82) is 0 Å². The van der Waals surface area contributed by atoms with Crippen LogP contribution in [-0.2, 0) is 10.0 Å². The lowest BCUT2D eigenvalue weighted by atomic mass is 10.0. The first-order valence-corrected chi connectivity index (χ1v) is 8.44. The molecule has 1 atom stereocenters. The zero-order chi connectivity index (χ0) is 15.3. The Morgan fingerprint density at radius 3 is 2.30 bits per heavy atom. The lowest BCUT2D eigenvalue weighted by Gasteiger charge is -2.26. The first-order chi connectivity index (χ1) is 9.24. The molecule has 0 fully saturated rings. The number of rotatable bonds is 7. The molecule has 0 aromatic heterocycles. The van der Waals surface area contributed by atoms with Gasteiger partial charge in [-0.2, -0.15) is 0 Å². The van der Waals surface area contributed by atoms with Gasteiger partial charge in [-0.25, -0.2) is 13.1 Å². The SMILES string of the molecule is Cc1ccccc1S(=O)(=O)NCC(CC(C)C)N(C)C. The van der Waals surface area contributed by atoms with E-state index < -0.39 is 10.0 Å². The molecule has 1 aromatic rings. The predicted molar refractivity (Wildman–Crippen MR) is 83.3 cm³/mol. The highest BCUT2D eigenvalue weighted by atomic mass is 32.2. The molecule has 114 valence electrons. The minimum Gasteiger partial charge on any atom is -0.305 e. The minimum absolute atomic E-state index is 0.203. The summed E-state index contributed by atoms with van der Waals surface area (Å²) in [6.45, 7) is 6.53. The van der Waals surface area contributed by atoms with E-state index in [1.807, 2.05) is 33.2 Å². The fraction of sp³-hybridized carbons (Fsp3) is 0.600. The van der Waals surface area contributed by atoms with Crippen molar-refractivity contribution in [1.82, 2.24) is 9.62 Å². The number of hydrogen-bond donors (Lipinski definition) is 1. The van der Waals surface area contributed by atoms with Crippen molar-refractivity contribution >= 4 is 10.0 Å². The Balaban J connectivity index is 2.79. The van der Waals surface area contributed by atoms with E-state index in [1.54, 1.807) is 12.1 Å². The van der Waals surface area contributed by atoms with Gasteiger partial charge in [-0.15, -0.1) is 0 Å². The van der Waals surface area contributed by atoms with Crippen molar-refractivity contribution in [2.75, 3.05) is 20.6 Å². The van der Waals surface area contributed by atoms with Crippen LogP contribution in [0.5, 0.6) is 0 Å². The van der Waals surface area contributed by atoms with Gasteiger partial charge in [0.05, 0.1) is 4.90 Å². The molecule has 0 spiro atoms. The standard InChI is InChI=1S/C15H26N2O2S/c1-12(2)10-14(17(4)5)11-16-20(18,19)15-9-7-6-8-13(15)3/h6-9,12,14,16H,10-11H2,1-5H3. The molecule has 1 aromatic carbocycles. The molecule has 0 bridgehead atoms. The van der Waals surface area contributed by atoms with E-state index >= 15 is 0 Å². The third-order valence-electron chi connectivity index (χ3n) is 3.37. The molecule has 0 saturated carbocycles. The van der Waals surface area contributed by atoms with Crippen LogP contribution in [0.3, 0.4) is 0 Å². The maximum absolute atomic E-state index is 12.3. The lowest BCUT2D eigenvalue weighted by Crippen LogP contribution is -2.41. The van der Waals surface area contributed by atoms with Gasteiger partial charge in [0.25, 0.3) is 0 Å². The first kappa shape index (κ1) is 17.1. The summed E-state index contributed by atoms with van der Waals surface area (Å²) < 4.78 is 27.4. The van der Waals surface area contributed by atoms with Crippen LogP contribution in [-0.4, -0.2) is 40.0 Å². The second kappa shape index (κ2) is 7.20. The fourth-order valence-corrected chi connectivity index (χ4v) is 3.48. The third kappa shape index (κ3) is 4.89. The van der Waals surface area contributed by atoms with Crippen molar-refractivity contribution in [3.8, 4) is 0 Å². The quantitative estimate of drug-likeness (QED) is 0.840. The maximum Gasteiger partial charge on any atom is 0.240 e. The van der Waals surface area contributed by atoms with Crippen LogP contribution in [0.15, 0.2) is 29.2 Å². The third-order valence-corrected chi connectivity index (χ3v) is 4.95. The van der Waals surface area contributed by atoms with Crippen LogP contribution in [0.25, 0.3) is 0 Å². The summed E-state index contributed by atoms with van der Waals surface area (Å²) in [5, 5.41) is 0. The monoisotopic (exact) mass is 298 g/mol. The molecule has 4 nitrogen and oxygen atoms in total. The number of benzene rings is 1. The van der Waals surface area contributed by atoms with Crippen LogP contribution in [0.1, 0.15) is 25.8 Å². The summed E-state index contributed by atoms with van der Waals surface area (Å²) in [5.74, 6) is 0.533. The van der Waals surface area contributed by atoms with Crippen molar-refractivity contribution in [3.63, 3.8) is 0 Å². The van der Waals surface area contributed by atoms with E-state index in [9.17, 15) is 8.42 Å². The summed E-state index contributed by atoms with van der Waals surface area (Å²) in [5.41, 5.74) is 0.769. The van der Waals surface area contributed by atoms with E-state index in [0.717, 1.165) is 12.0 Å². The van der Waals surface area contributed by atoms with Gasteiger partial charge in [0.1, 0.15) is 0 Å². The highest BCUT2D eigenvalue weighted by molar-refractivity contribution is 7.89. The normalized spacial score (nSPS) is 13.9. The summed E-state index contributed by atoms with van der Waals surface area (Å²) in [4.78, 5) is 2.43. The number of aryl methyl sites for hydroxylation is 1. The molecule has 1 N–H and O–H groups in total. The van der Waals surface area contributed by atoms with Gasteiger partial charge in [0.2, 0.25) is 10.0 Å². The van der Waals surface area contributed by atoms with Crippen LogP contribution >= 0.6 is 0 Å². The molecular formula is C15H26N2O2S. The summed E-state index contributed by atoms with van der Waals surface area (Å²) in [7, 11) is 0.531. The second-order valence-electron chi connectivity index (χ2n) is 5.86. The molecule has 0 saturated heterocycles. The number of sulfonamides is 1. The second-order valence-corrected chi connectivity index (χ2v) is 7.60. The van der Waals surface area contributed by atoms with Gasteiger partial charge in [0.15, 0.2) is 0 Å². The highest BCUT2D eigenvalue weighted by Crippen LogP contribution is 2.15. The van der Waals surface area contributed by atoms with E-state index in [0.29, 0.717) is 17.4 Å². The molecular weight excluding hydrogens is 272 g/mol. The molecule has 0 aliphatic heterocycles. The van der Waals surface area contributed by atoms with Gasteiger partial charge in [-0.3, -0.25) is 0 Å². The number of nitrogens with one attached hydrogen (secondary N) is 1. The Labute approximate surface area is 123 Å². The van der Waals surface area contributed by atoms with E-state index in [2.05, 4.69) is 23.5 Å². The van der Waals surface area contributed by atoms with Crippen molar-refractivity contribution in [3.05, 3.63) is 29.8 Å². The molecule has 20 heavy (non-hydrogen) atoms. The number of likely N-dealkylation sites (N-methyl/N-ethyl adjacent to an activating group) is 1. The molecule has 5 heteroatoms. The average molecular weight is 298 g/mol. The van der Waals surface area contributed by atoms with Crippen LogP contribution in [0, 0.1) is 12.8 Å². The maximum atomic E-state index is 12.3. The summed E-state index contributed by atoms with van der Waals surface area (Å²) in [6.07, 6.45) is 0.962. The zero-order valence-corrected chi connectivity index (χ0v) is 13.9. The van der Waals surface area contributed by atoms with Crippen LogP contribution in [0.4, 0.5) is 0 Å². The Bertz CT molecular complexity index is 524. The van der Waals surface area contributed by atoms with Gasteiger partial charge in [-0.1, -0.05) is 32.0 Å². The first-order valence-electron chi connectivity index (χ1n) is 6.95. The van der Waals surface area contributed by atoms with E-state index in [4.69, 9.17) is 0 Å². The number of hydrogen-bond acceptors (Lipinski definition) is 3. The largest absolute Gasteiger partial charge is 0.305 e. The van der Waals surface area contributed by atoms with Crippen LogP contribution in [0.2, 0.25) is 0 Å². The molecule has 1 unspecified atom stereocenters. The zero-order valence-electron chi connectivity index (χ0n) is 13.1. The Morgan fingerprint density at radius 2 is 1.80 bits per heavy atom. The summed E-state index contributed by atoms with van der Waals surface area (Å²) in [6, 6.07) is 7.25. The molecule has 0 aliphatic rings. The smallest absolute Gasteiger partial charge is 0.240 e. The van der Waals surface area contributed by atoms with Gasteiger partial charge in [-0.05, 0) is 45.0 Å². The lowest BCUT2D eigenvalue weighted by molar-refractivity contribution is 0.255. The van der Waals surface area contributed by atoms with Gasteiger partial charge < -0.3 is 4.90 Å².